The summed E-state index contributed by atoms with van der Waals surface area (Å²) >= 11 is 0. The van der Waals surface area contributed by atoms with E-state index in [1.807, 2.05) is 25.1 Å². The molecule has 0 saturated carbocycles. The number of nitrogens with one attached hydrogen (secondary N) is 1. The van der Waals surface area contributed by atoms with Crippen molar-refractivity contribution in [3.8, 4) is 0 Å². The number of benzene rings is 1. The lowest BCUT2D eigenvalue weighted by molar-refractivity contribution is 0.0948. The van der Waals surface area contributed by atoms with Crippen molar-refractivity contribution in [2.45, 2.75) is 19.9 Å². The van der Waals surface area contributed by atoms with Crippen molar-refractivity contribution in [2.75, 3.05) is 26.2 Å². The Kier molecular flexibility index (Phi) is 5.75. The van der Waals surface area contributed by atoms with Gasteiger partial charge in [-0.25, -0.2) is 4.72 Å². The average molecular weight is 377 g/mol. The predicted molar refractivity (Wildman–Crippen MR) is 97.8 cm³/mol. The quantitative estimate of drug-likeness (QED) is 0.827. The lowest BCUT2D eigenvalue weighted by Gasteiger charge is -2.33. The molecule has 1 aliphatic rings. The molecule has 0 aliphatic carbocycles. The number of carbonyl (C=O) groups is 1. The third-order valence-corrected chi connectivity index (χ3v) is 5.86. The summed E-state index contributed by atoms with van der Waals surface area (Å²) in [6.45, 7) is 4.59. The molecule has 1 aromatic carbocycles. The van der Waals surface area contributed by atoms with Crippen LogP contribution in [-0.2, 0) is 23.2 Å². The van der Waals surface area contributed by atoms with Gasteiger partial charge < -0.3 is 4.42 Å². The van der Waals surface area contributed by atoms with Crippen LogP contribution in [0.5, 0.6) is 0 Å². The molecule has 8 heteroatoms. The largest absolute Gasteiger partial charge is 0.456 e. The van der Waals surface area contributed by atoms with E-state index in [2.05, 4.69) is 21.8 Å². The summed E-state index contributed by atoms with van der Waals surface area (Å²) in [6, 6.07) is 13.2. The zero-order chi connectivity index (χ0) is 18.6. The lowest BCUT2D eigenvalue weighted by atomic mass is 10.2. The molecular formula is C18H23N3O4S. The summed E-state index contributed by atoms with van der Waals surface area (Å²) < 4.78 is 33.6. The maximum Gasteiger partial charge on any atom is 0.304 e. The van der Waals surface area contributed by atoms with E-state index in [1.54, 1.807) is 6.07 Å². The first-order valence-corrected chi connectivity index (χ1v) is 10.1. The second-order valence-corrected chi connectivity index (χ2v) is 7.89. The number of amides is 1. The van der Waals surface area contributed by atoms with Crippen molar-refractivity contribution in [2.24, 2.45) is 0 Å². The molecule has 1 fully saturated rings. The van der Waals surface area contributed by atoms with Crippen LogP contribution in [0.3, 0.4) is 0 Å². The molecule has 1 N–H and O–H groups in total. The van der Waals surface area contributed by atoms with E-state index in [4.69, 9.17) is 4.42 Å². The van der Waals surface area contributed by atoms with Crippen LogP contribution in [-0.4, -0.2) is 49.7 Å². The van der Waals surface area contributed by atoms with Gasteiger partial charge in [0.05, 0.1) is 0 Å². The number of carbonyl (C=O) groups excluding carboxylic acids is 1. The van der Waals surface area contributed by atoms with Crippen molar-refractivity contribution < 1.29 is 17.6 Å². The Balaban J connectivity index is 1.55. The van der Waals surface area contributed by atoms with Gasteiger partial charge in [0.25, 0.3) is 0 Å². The number of aryl methyl sites for hydroxylation is 1. The SMILES string of the molecule is CCc1ccc(C(=O)NS(=O)(=O)N2CCN(Cc3ccccc3)CC2)o1. The van der Waals surface area contributed by atoms with Crippen LogP contribution in [0.1, 0.15) is 28.8 Å². The molecule has 0 spiro atoms. The molecule has 1 saturated heterocycles. The highest BCUT2D eigenvalue weighted by atomic mass is 32.2. The summed E-state index contributed by atoms with van der Waals surface area (Å²) in [5.74, 6) is -0.0911. The number of hydrogen-bond donors (Lipinski definition) is 1. The van der Waals surface area contributed by atoms with Crippen LogP contribution >= 0.6 is 0 Å². The van der Waals surface area contributed by atoms with E-state index in [9.17, 15) is 13.2 Å². The topological polar surface area (TPSA) is 82.9 Å². The molecular weight excluding hydrogens is 354 g/mol. The maximum atomic E-state index is 12.4. The average Bonchev–Trinajstić information content (AvgIpc) is 3.12. The van der Waals surface area contributed by atoms with Gasteiger partial charge in [-0.3, -0.25) is 9.69 Å². The monoisotopic (exact) mass is 377 g/mol. The van der Waals surface area contributed by atoms with Crippen LogP contribution in [0.15, 0.2) is 46.9 Å². The fourth-order valence-corrected chi connectivity index (χ4v) is 4.00. The highest BCUT2D eigenvalue weighted by Crippen LogP contribution is 2.12. The Morgan fingerprint density at radius 1 is 1.08 bits per heavy atom. The molecule has 26 heavy (non-hydrogen) atoms. The Morgan fingerprint density at radius 2 is 1.77 bits per heavy atom. The highest BCUT2D eigenvalue weighted by molar-refractivity contribution is 7.87. The Hall–Kier alpha value is -2.16. The smallest absolute Gasteiger partial charge is 0.304 e. The lowest BCUT2D eigenvalue weighted by Crippen LogP contribution is -2.52. The van der Waals surface area contributed by atoms with Crippen molar-refractivity contribution >= 4 is 16.1 Å². The summed E-state index contributed by atoms with van der Waals surface area (Å²) in [5, 5.41) is 0. The predicted octanol–water partition coefficient (Wildman–Crippen LogP) is 1.63. The maximum absolute atomic E-state index is 12.4. The first-order valence-electron chi connectivity index (χ1n) is 8.65. The number of furan rings is 1. The van der Waals surface area contributed by atoms with Crippen molar-refractivity contribution in [3.05, 3.63) is 59.5 Å². The molecule has 1 aromatic heterocycles. The first kappa shape index (κ1) is 18.6. The zero-order valence-corrected chi connectivity index (χ0v) is 15.5. The van der Waals surface area contributed by atoms with Gasteiger partial charge in [-0.1, -0.05) is 37.3 Å². The fourth-order valence-electron chi connectivity index (χ4n) is 2.89. The normalized spacial score (nSPS) is 16.5. The van der Waals surface area contributed by atoms with Gasteiger partial charge in [0.2, 0.25) is 0 Å². The van der Waals surface area contributed by atoms with Crippen LogP contribution < -0.4 is 4.72 Å². The van der Waals surface area contributed by atoms with Crippen LogP contribution in [0.2, 0.25) is 0 Å². The molecule has 3 rings (SSSR count). The van der Waals surface area contributed by atoms with Gasteiger partial charge in [-0.15, -0.1) is 0 Å². The third-order valence-electron chi connectivity index (χ3n) is 4.38. The highest BCUT2D eigenvalue weighted by Gasteiger charge is 2.29. The minimum absolute atomic E-state index is 0.00754. The first-order chi connectivity index (χ1) is 12.5. The number of hydrogen-bond acceptors (Lipinski definition) is 5. The molecule has 1 amide bonds. The summed E-state index contributed by atoms with van der Waals surface area (Å²) in [4.78, 5) is 14.3. The zero-order valence-electron chi connectivity index (χ0n) is 14.7. The van der Waals surface area contributed by atoms with Gasteiger partial charge >= 0.3 is 16.1 Å². The molecule has 140 valence electrons. The molecule has 0 unspecified atom stereocenters. The second kappa shape index (κ2) is 8.03. The van der Waals surface area contributed by atoms with Crippen molar-refractivity contribution in [1.82, 2.24) is 13.9 Å². The molecule has 2 heterocycles. The van der Waals surface area contributed by atoms with Crippen molar-refractivity contribution in [3.63, 3.8) is 0 Å². The van der Waals surface area contributed by atoms with E-state index < -0.39 is 16.1 Å². The Bertz CT molecular complexity index is 840. The molecule has 7 nitrogen and oxygen atoms in total. The van der Waals surface area contributed by atoms with Gasteiger partial charge in [-0.05, 0) is 17.7 Å². The van der Waals surface area contributed by atoms with Gasteiger partial charge in [0.15, 0.2) is 5.76 Å². The number of piperazine rings is 1. The molecule has 1 aliphatic heterocycles. The minimum Gasteiger partial charge on any atom is -0.456 e. The van der Waals surface area contributed by atoms with E-state index in [0.717, 1.165) is 6.54 Å². The molecule has 0 bridgehead atoms. The van der Waals surface area contributed by atoms with Crippen LogP contribution in [0.25, 0.3) is 0 Å². The summed E-state index contributed by atoms with van der Waals surface area (Å²) in [7, 11) is -3.88. The molecule has 0 atom stereocenters. The minimum atomic E-state index is -3.88. The van der Waals surface area contributed by atoms with Gasteiger partial charge in [0, 0.05) is 39.1 Å². The van der Waals surface area contributed by atoms with Gasteiger partial charge in [-0.2, -0.15) is 12.7 Å². The van der Waals surface area contributed by atoms with Gasteiger partial charge in [0.1, 0.15) is 5.76 Å². The standard InChI is InChI=1S/C18H23N3O4S/c1-2-16-8-9-17(25-16)18(22)19-26(23,24)21-12-10-20(11-13-21)14-15-6-4-3-5-7-15/h3-9H,2,10-14H2,1H3,(H,19,22). The third kappa shape index (κ3) is 4.51. The summed E-state index contributed by atoms with van der Waals surface area (Å²) in [5.41, 5.74) is 1.20. The van der Waals surface area contributed by atoms with Crippen LogP contribution in [0, 0.1) is 0 Å². The Labute approximate surface area is 153 Å². The second-order valence-electron chi connectivity index (χ2n) is 6.22. The molecule has 0 radical (unpaired) electrons. The van der Waals surface area contributed by atoms with E-state index in [-0.39, 0.29) is 5.76 Å². The Morgan fingerprint density at radius 3 is 2.38 bits per heavy atom. The van der Waals surface area contributed by atoms with Crippen LogP contribution in [0.4, 0.5) is 0 Å². The number of rotatable bonds is 6. The van der Waals surface area contributed by atoms with E-state index >= 15 is 0 Å². The van der Waals surface area contributed by atoms with E-state index in [1.165, 1.54) is 15.9 Å². The van der Waals surface area contributed by atoms with Crippen molar-refractivity contribution in [1.29, 1.82) is 0 Å². The number of nitrogens with zero attached hydrogens (tertiary/aromatic N) is 2. The molecule has 2 aromatic rings. The summed E-state index contributed by atoms with van der Waals surface area (Å²) in [6.07, 6.45) is 0.642. The fraction of sp³-hybridized carbons (Fsp3) is 0.389. The van der Waals surface area contributed by atoms with E-state index in [0.29, 0.717) is 38.4 Å².